The number of hydrogen-bond donors (Lipinski definition) is 0. The van der Waals surface area contributed by atoms with Crippen LogP contribution in [0.3, 0.4) is 0 Å². The van der Waals surface area contributed by atoms with Crippen molar-refractivity contribution in [3.8, 4) is 0 Å². The van der Waals surface area contributed by atoms with E-state index < -0.39 is 0 Å². The van der Waals surface area contributed by atoms with E-state index in [-0.39, 0.29) is 16.6 Å². The molecule has 20 heavy (non-hydrogen) atoms. The van der Waals surface area contributed by atoms with E-state index in [1.165, 1.54) is 16.7 Å². The first-order valence-electron chi connectivity index (χ1n) is 7.21. The van der Waals surface area contributed by atoms with Crippen LogP contribution in [0.25, 0.3) is 0 Å². The molecule has 0 aromatic heterocycles. The molecule has 0 saturated carbocycles. The summed E-state index contributed by atoms with van der Waals surface area (Å²) in [5, 5.41) is 0. The molecule has 0 N–H and O–H groups in total. The van der Waals surface area contributed by atoms with E-state index in [1.807, 2.05) is 0 Å². The predicted molar refractivity (Wildman–Crippen MR) is 85.2 cm³/mol. The molecule has 0 bridgehead atoms. The molecule has 0 aliphatic carbocycles. The van der Waals surface area contributed by atoms with Gasteiger partial charge in [-0.05, 0) is 49.8 Å². The van der Waals surface area contributed by atoms with Crippen LogP contribution in [0.15, 0.2) is 18.2 Å². The van der Waals surface area contributed by atoms with E-state index in [0.717, 1.165) is 0 Å². The molecule has 114 valence electrons. The zero-order chi connectivity index (χ0) is 15.8. The summed E-state index contributed by atoms with van der Waals surface area (Å²) in [6, 6.07) is 6.69. The number of rotatable bonds is 4. The summed E-state index contributed by atoms with van der Waals surface area (Å²) in [4.78, 5) is 0. The van der Waals surface area contributed by atoms with E-state index in [4.69, 9.17) is 9.47 Å². The molecule has 0 radical (unpaired) electrons. The maximum absolute atomic E-state index is 5.65. The average molecular weight is 278 g/mol. The maximum atomic E-state index is 5.65. The van der Waals surface area contributed by atoms with Crippen molar-refractivity contribution in [1.29, 1.82) is 0 Å². The molecule has 2 heteroatoms. The van der Waals surface area contributed by atoms with E-state index >= 15 is 0 Å². The van der Waals surface area contributed by atoms with Gasteiger partial charge in [0.05, 0.1) is 11.2 Å². The largest absolute Gasteiger partial charge is 0.374 e. The molecule has 0 saturated heterocycles. The maximum Gasteiger partial charge on any atom is 0.0871 e. The van der Waals surface area contributed by atoms with Gasteiger partial charge in [-0.3, -0.25) is 0 Å². The molecule has 0 atom stereocenters. The van der Waals surface area contributed by atoms with Crippen molar-refractivity contribution in [2.75, 3.05) is 14.2 Å². The van der Waals surface area contributed by atoms with Crippen LogP contribution in [0.4, 0.5) is 0 Å². The molecule has 0 fully saturated rings. The van der Waals surface area contributed by atoms with Gasteiger partial charge in [-0.1, -0.05) is 39.0 Å². The Morgan fingerprint density at radius 2 is 0.900 bits per heavy atom. The number of methoxy groups -OCH3 is 2. The van der Waals surface area contributed by atoms with Crippen molar-refractivity contribution in [2.45, 2.75) is 65.1 Å². The minimum Gasteiger partial charge on any atom is -0.374 e. The van der Waals surface area contributed by atoms with Gasteiger partial charge in [0.25, 0.3) is 0 Å². The van der Waals surface area contributed by atoms with Gasteiger partial charge in [0.2, 0.25) is 0 Å². The fourth-order valence-corrected chi connectivity index (χ4v) is 1.99. The molecule has 0 amide bonds. The molecule has 1 rings (SSSR count). The number of hydrogen-bond acceptors (Lipinski definition) is 2. The fourth-order valence-electron chi connectivity index (χ4n) is 1.99. The van der Waals surface area contributed by atoms with Crippen molar-refractivity contribution >= 4 is 0 Å². The summed E-state index contributed by atoms with van der Waals surface area (Å²) in [5.74, 6) is 0. The van der Waals surface area contributed by atoms with Crippen molar-refractivity contribution in [1.82, 2.24) is 0 Å². The van der Waals surface area contributed by atoms with Gasteiger partial charge >= 0.3 is 0 Å². The van der Waals surface area contributed by atoms with Gasteiger partial charge in [-0.15, -0.1) is 0 Å². The summed E-state index contributed by atoms with van der Waals surface area (Å²) in [6.45, 7) is 15.1. The third-order valence-corrected chi connectivity index (χ3v) is 4.21. The smallest absolute Gasteiger partial charge is 0.0871 e. The monoisotopic (exact) mass is 278 g/mol. The molecule has 2 nitrogen and oxygen atoms in total. The number of ether oxygens (including phenoxy) is 2. The minimum atomic E-state index is -0.306. The van der Waals surface area contributed by atoms with E-state index in [9.17, 15) is 0 Å². The highest BCUT2D eigenvalue weighted by atomic mass is 16.5. The second-order valence-electron chi connectivity index (χ2n) is 7.48. The Hall–Kier alpha value is -0.860. The molecule has 0 heterocycles. The Labute approximate surface area is 124 Å². The van der Waals surface area contributed by atoms with Crippen molar-refractivity contribution in [3.63, 3.8) is 0 Å². The van der Waals surface area contributed by atoms with Crippen LogP contribution in [-0.2, 0) is 26.1 Å². The zero-order valence-corrected chi connectivity index (χ0v) is 14.5. The highest BCUT2D eigenvalue weighted by molar-refractivity contribution is 5.39. The summed E-state index contributed by atoms with van der Waals surface area (Å²) in [7, 11) is 3.51. The Kier molecular flexibility index (Phi) is 4.72. The SMILES string of the molecule is COC(C)(C)c1cc(C(C)(C)C)cc(C(C)(C)OC)c1. The molecular formula is C18H30O2. The van der Waals surface area contributed by atoms with Crippen molar-refractivity contribution in [2.24, 2.45) is 0 Å². The minimum absolute atomic E-state index is 0.0956. The molecule has 0 aliphatic rings. The van der Waals surface area contributed by atoms with Crippen LogP contribution >= 0.6 is 0 Å². The average Bonchev–Trinajstić information content (AvgIpc) is 2.37. The molecule has 1 aromatic rings. The first-order chi connectivity index (χ1) is 8.94. The Morgan fingerprint density at radius 1 is 0.600 bits per heavy atom. The van der Waals surface area contributed by atoms with Gasteiger partial charge in [0.1, 0.15) is 0 Å². The Bertz CT molecular complexity index is 431. The lowest BCUT2D eigenvalue weighted by molar-refractivity contribution is 0.0132. The lowest BCUT2D eigenvalue weighted by Gasteiger charge is -2.31. The van der Waals surface area contributed by atoms with Gasteiger partial charge < -0.3 is 9.47 Å². The fraction of sp³-hybridized carbons (Fsp3) is 0.667. The van der Waals surface area contributed by atoms with Crippen LogP contribution in [0.5, 0.6) is 0 Å². The van der Waals surface area contributed by atoms with Crippen molar-refractivity contribution < 1.29 is 9.47 Å². The molecule has 0 spiro atoms. The lowest BCUT2D eigenvalue weighted by Crippen LogP contribution is -2.25. The van der Waals surface area contributed by atoms with E-state index in [1.54, 1.807) is 14.2 Å². The van der Waals surface area contributed by atoms with Crippen LogP contribution < -0.4 is 0 Å². The van der Waals surface area contributed by atoms with Crippen LogP contribution in [0, 0.1) is 0 Å². The highest BCUT2D eigenvalue weighted by Crippen LogP contribution is 2.35. The lowest BCUT2D eigenvalue weighted by atomic mass is 9.80. The van der Waals surface area contributed by atoms with Gasteiger partial charge in [0, 0.05) is 14.2 Å². The van der Waals surface area contributed by atoms with E-state index in [0.29, 0.717) is 0 Å². The van der Waals surface area contributed by atoms with Crippen LogP contribution in [0.1, 0.15) is 65.2 Å². The first-order valence-corrected chi connectivity index (χ1v) is 7.21. The summed E-state index contributed by atoms with van der Waals surface area (Å²) >= 11 is 0. The van der Waals surface area contributed by atoms with Gasteiger partial charge in [-0.2, -0.15) is 0 Å². The first kappa shape index (κ1) is 17.2. The van der Waals surface area contributed by atoms with Gasteiger partial charge in [-0.25, -0.2) is 0 Å². The predicted octanol–water partition coefficient (Wildman–Crippen LogP) is 4.75. The number of benzene rings is 1. The summed E-state index contributed by atoms with van der Waals surface area (Å²) in [6.07, 6.45) is 0. The van der Waals surface area contributed by atoms with Crippen molar-refractivity contribution in [3.05, 3.63) is 34.9 Å². The third-order valence-electron chi connectivity index (χ3n) is 4.21. The third kappa shape index (κ3) is 3.62. The quantitative estimate of drug-likeness (QED) is 0.791. The normalized spacial score (nSPS) is 13.7. The Balaban J connectivity index is 3.52. The molecule has 1 aromatic carbocycles. The summed E-state index contributed by atoms with van der Waals surface area (Å²) in [5.41, 5.74) is 3.17. The second kappa shape index (κ2) is 5.50. The van der Waals surface area contributed by atoms with E-state index in [2.05, 4.69) is 66.7 Å². The van der Waals surface area contributed by atoms with Crippen LogP contribution in [0.2, 0.25) is 0 Å². The molecular weight excluding hydrogens is 248 g/mol. The molecule has 0 unspecified atom stereocenters. The van der Waals surface area contributed by atoms with Gasteiger partial charge in [0.15, 0.2) is 0 Å². The topological polar surface area (TPSA) is 18.5 Å². The highest BCUT2D eigenvalue weighted by Gasteiger charge is 2.28. The second-order valence-corrected chi connectivity index (χ2v) is 7.48. The standard InChI is InChI=1S/C18H30O2/c1-16(2,3)13-10-14(17(4,5)19-8)12-15(11-13)18(6,7)20-9/h10-12H,1-9H3. The Morgan fingerprint density at radius 3 is 1.15 bits per heavy atom. The zero-order valence-electron chi connectivity index (χ0n) is 14.5. The van der Waals surface area contributed by atoms with Crippen LogP contribution in [-0.4, -0.2) is 14.2 Å². The summed E-state index contributed by atoms with van der Waals surface area (Å²) < 4.78 is 11.3. The molecule has 0 aliphatic heterocycles.